The van der Waals surface area contributed by atoms with E-state index in [9.17, 15) is 4.79 Å². The summed E-state index contributed by atoms with van der Waals surface area (Å²) in [5.41, 5.74) is 0. The van der Waals surface area contributed by atoms with Crippen LogP contribution < -0.4 is 10.1 Å². The van der Waals surface area contributed by atoms with Crippen molar-refractivity contribution in [2.45, 2.75) is 24.9 Å². The highest BCUT2D eigenvalue weighted by molar-refractivity contribution is 7.99. The smallest absolute Gasteiger partial charge is 0.230 e. The van der Waals surface area contributed by atoms with Crippen LogP contribution >= 0.6 is 35.0 Å². The Hall–Kier alpha value is -2.42. The zero-order valence-corrected chi connectivity index (χ0v) is 17.6. The number of carbonyl (C=O) groups is 1. The lowest BCUT2D eigenvalue weighted by atomic mass is 10.3. The number of ether oxygens (including phenoxy) is 1. The molecule has 0 radical (unpaired) electrons. The summed E-state index contributed by atoms with van der Waals surface area (Å²) in [6, 6.07) is 8.55. The van der Waals surface area contributed by atoms with Crippen molar-refractivity contribution < 1.29 is 13.9 Å². The second-order valence-electron chi connectivity index (χ2n) is 5.81. The Kier molecular flexibility index (Phi) is 7.62. The van der Waals surface area contributed by atoms with Gasteiger partial charge < -0.3 is 14.5 Å². The zero-order valence-electron chi connectivity index (χ0n) is 15.3. The number of benzene rings is 1. The van der Waals surface area contributed by atoms with Crippen molar-refractivity contribution in [2.75, 3.05) is 5.75 Å². The van der Waals surface area contributed by atoms with Crippen LogP contribution in [-0.4, -0.2) is 26.4 Å². The van der Waals surface area contributed by atoms with Crippen LogP contribution in [0.3, 0.4) is 0 Å². The van der Waals surface area contributed by atoms with Crippen LogP contribution in [0.5, 0.6) is 5.75 Å². The van der Waals surface area contributed by atoms with Gasteiger partial charge in [0.2, 0.25) is 5.91 Å². The van der Waals surface area contributed by atoms with Gasteiger partial charge in [-0.2, -0.15) is 0 Å². The number of aromatic nitrogens is 3. The lowest BCUT2D eigenvalue weighted by Gasteiger charge is -2.10. The number of allylic oxidation sites excluding steroid dienone is 1. The van der Waals surface area contributed by atoms with E-state index in [0.717, 1.165) is 0 Å². The minimum Gasteiger partial charge on any atom is -0.484 e. The van der Waals surface area contributed by atoms with Crippen molar-refractivity contribution >= 4 is 40.9 Å². The molecule has 0 fully saturated rings. The van der Waals surface area contributed by atoms with Gasteiger partial charge in [-0.15, -0.1) is 16.8 Å². The molecule has 3 rings (SSSR count). The highest BCUT2D eigenvalue weighted by atomic mass is 35.5. The summed E-state index contributed by atoms with van der Waals surface area (Å²) in [5, 5.41) is 12.7. The monoisotopic (exact) mass is 452 g/mol. The summed E-state index contributed by atoms with van der Waals surface area (Å²) >= 11 is 13.4. The molecule has 0 saturated heterocycles. The fourth-order valence-corrected chi connectivity index (χ4v) is 3.49. The average molecular weight is 453 g/mol. The molecule has 0 saturated carbocycles. The lowest BCUT2D eigenvalue weighted by Crippen LogP contribution is -2.24. The number of nitrogens with zero attached hydrogens (tertiary/aromatic N) is 3. The highest BCUT2D eigenvalue weighted by Gasteiger charge is 2.15. The number of nitrogens with one attached hydrogen (secondary N) is 1. The molecule has 0 bridgehead atoms. The van der Waals surface area contributed by atoms with Gasteiger partial charge in [0.25, 0.3) is 0 Å². The van der Waals surface area contributed by atoms with Crippen molar-refractivity contribution in [3.63, 3.8) is 0 Å². The molecule has 2 heterocycles. The van der Waals surface area contributed by atoms with Gasteiger partial charge >= 0.3 is 0 Å². The predicted molar refractivity (Wildman–Crippen MR) is 112 cm³/mol. The minimum atomic E-state index is -0.136. The molecule has 0 atom stereocenters. The number of rotatable bonds is 10. The van der Waals surface area contributed by atoms with Crippen LogP contribution in [0.25, 0.3) is 0 Å². The molecule has 3 aromatic rings. The van der Waals surface area contributed by atoms with E-state index in [2.05, 4.69) is 22.1 Å². The van der Waals surface area contributed by atoms with Crippen LogP contribution in [-0.2, 0) is 24.5 Å². The highest BCUT2D eigenvalue weighted by Crippen LogP contribution is 2.28. The topological polar surface area (TPSA) is 82.2 Å². The Bertz CT molecular complexity index is 976. The van der Waals surface area contributed by atoms with Crippen molar-refractivity contribution in [1.82, 2.24) is 20.1 Å². The van der Waals surface area contributed by atoms with E-state index >= 15 is 0 Å². The van der Waals surface area contributed by atoms with E-state index < -0.39 is 0 Å². The number of carbonyl (C=O) groups excluding carboxylic acids is 1. The molecular formula is C19H18Cl2N4O3S. The van der Waals surface area contributed by atoms with Crippen LogP contribution in [0.15, 0.2) is 58.8 Å². The predicted octanol–water partition coefficient (Wildman–Crippen LogP) is 4.35. The largest absolute Gasteiger partial charge is 0.484 e. The summed E-state index contributed by atoms with van der Waals surface area (Å²) in [7, 11) is 0. The summed E-state index contributed by atoms with van der Waals surface area (Å²) in [4.78, 5) is 12.1. The van der Waals surface area contributed by atoms with E-state index in [-0.39, 0.29) is 18.3 Å². The van der Waals surface area contributed by atoms with Gasteiger partial charge in [-0.05, 0) is 24.3 Å². The molecule has 0 unspecified atom stereocenters. The molecule has 152 valence electrons. The van der Waals surface area contributed by atoms with Gasteiger partial charge in [0.05, 0.1) is 23.6 Å². The number of hydrogen-bond donors (Lipinski definition) is 1. The first-order chi connectivity index (χ1) is 14.1. The molecule has 0 aliphatic carbocycles. The maximum absolute atomic E-state index is 12.1. The fraction of sp³-hybridized carbons (Fsp3) is 0.211. The first-order valence-corrected chi connectivity index (χ1v) is 10.3. The molecule has 29 heavy (non-hydrogen) atoms. The summed E-state index contributed by atoms with van der Waals surface area (Å²) < 4.78 is 12.8. The Labute approximate surface area is 182 Å². The molecule has 0 spiro atoms. The van der Waals surface area contributed by atoms with Gasteiger partial charge in [-0.1, -0.05) is 41.0 Å². The molecule has 0 aliphatic heterocycles. The Balaban J connectivity index is 1.59. The zero-order chi connectivity index (χ0) is 20.6. The second-order valence-corrected chi connectivity index (χ2v) is 7.59. The van der Waals surface area contributed by atoms with Crippen molar-refractivity contribution in [3.8, 4) is 5.75 Å². The number of thioether (sulfide) groups is 1. The number of amides is 1. The van der Waals surface area contributed by atoms with Crippen LogP contribution in [0, 0.1) is 0 Å². The Morgan fingerprint density at radius 2 is 2.21 bits per heavy atom. The quantitative estimate of drug-likeness (QED) is 0.363. The van der Waals surface area contributed by atoms with Crippen molar-refractivity contribution in [3.05, 3.63) is 70.9 Å². The summed E-state index contributed by atoms with van der Waals surface area (Å²) in [6.45, 7) is 4.72. The number of furan rings is 1. The van der Waals surface area contributed by atoms with Crippen LogP contribution in [0.1, 0.15) is 11.6 Å². The van der Waals surface area contributed by atoms with E-state index in [1.165, 1.54) is 11.8 Å². The average Bonchev–Trinajstić information content (AvgIpc) is 3.36. The van der Waals surface area contributed by atoms with Gasteiger partial charge in [0.1, 0.15) is 18.1 Å². The minimum absolute atomic E-state index is 0.136. The Morgan fingerprint density at radius 3 is 2.97 bits per heavy atom. The lowest BCUT2D eigenvalue weighted by molar-refractivity contribution is -0.118. The van der Waals surface area contributed by atoms with E-state index in [4.69, 9.17) is 32.4 Å². The molecule has 1 N–H and O–H groups in total. The second kappa shape index (κ2) is 10.4. The van der Waals surface area contributed by atoms with Crippen LogP contribution in [0.2, 0.25) is 10.0 Å². The molecular weight excluding hydrogens is 435 g/mol. The Morgan fingerprint density at radius 1 is 1.34 bits per heavy atom. The SMILES string of the molecule is C=CCn1c(COc2cc(Cl)ccc2Cl)nnc1SCC(=O)NCc1ccco1. The van der Waals surface area contributed by atoms with Crippen LogP contribution in [0.4, 0.5) is 0 Å². The van der Waals surface area contributed by atoms with E-state index in [1.807, 2.05) is 4.57 Å². The molecule has 1 aromatic carbocycles. The molecule has 0 aliphatic rings. The summed E-state index contributed by atoms with van der Waals surface area (Å²) in [6.07, 6.45) is 3.29. The molecule has 10 heteroatoms. The number of hydrogen-bond acceptors (Lipinski definition) is 6. The number of halogens is 2. The third kappa shape index (κ3) is 6.03. The molecule has 7 nitrogen and oxygen atoms in total. The third-order valence-corrected chi connectivity index (χ3v) is 5.24. The van der Waals surface area contributed by atoms with Crippen molar-refractivity contribution in [2.24, 2.45) is 0 Å². The third-order valence-electron chi connectivity index (χ3n) is 3.73. The molecule has 2 aromatic heterocycles. The first-order valence-electron chi connectivity index (χ1n) is 8.59. The van der Waals surface area contributed by atoms with E-state index in [1.54, 1.807) is 42.7 Å². The van der Waals surface area contributed by atoms with Gasteiger partial charge in [0.15, 0.2) is 11.0 Å². The molecule has 1 amide bonds. The summed E-state index contributed by atoms with van der Waals surface area (Å²) in [5.74, 6) is 1.79. The van der Waals surface area contributed by atoms with Gasteiger partial charge in [-0.3, -0.25) is 9.36 Å². The first kappa shape index (κ1) is 21.3. The normalized spacial score (nSPS) is 10.7. The maximum atomic E-state index is 12.1. The van der Waals surface area contributed by atoms with Gasteiger partial charge in [-0.25, -0.2) is 0 Å². The van der Waals surface area contributed by atoms with E-state index in [0.29, 0.717) is 45.6 Å². The van der Waals surface area contributed by atoms with Crippen molar-refractivity contribution in [1.29, 1.82) is 0 Å². The van der Waals surface area contributed by atoms with Gasteiger partial charge in [0, 0.05) is 17.6 Å². The fourth-order valence-electron chi connectivity index (χ4n) is 2.36. The maximum Gasteiger partial charge on any atom is 0.230 e. The standard InChI is InChI=1S/C19H18Cl2N4O3S/c1-2-7-25-17(11-28-16-9-13(20)5-6-15(16)21)23-24-19(25)29-12-18(26)22-10-14-4-3-8-27-14/h2-6,8-9H,1,7,10-12H2,(H,22,26).